The Kier molecular flexibility index (Phi) is 3.48. The quantitative estimate of drug-likeness (QED) is 0.656. The maximum atomic E-state index is 9.21. The van der Waals surface area contributed by atoms with Crippen LogP contribution < -0.4 is 0 Å². The molecule has 2 nitrogen and oxygen atoms in total. The van der Waals surface area contributed by atoms with Gasteiger partial charge < -0.3 is 0 Å². The van der Waals surface area contributed by atoms with Gasteiger partial charge in [-0.1, -0.05) is 30.3 Å². The molecule has 1 aromatic heterocycles. The third-order valence-corrected chi connectivity index (χ3v) is 5.60. The first-order valence-corrected chi connectivity index (χ1v) is 8.66. The first-order chi connectivity index (χ1) is 11.3. The van der Waals surface area contributed by atoms with Crippen LogP contribution in [0.25, 0.3) is 21.0 Å². The maximum Gasteiger partial charge on any atom is 0.123 e. The minimum atomic E-state index is 0.722. The summed E-state index contributed by atoms with van der Waals surface area (Å²) in [4.78, 5) is 5.82. The highest BCUT2D eigenvalue weighted by atomic mass is 32.1. The number of benzene rings is 2. The molecule has 0 N–H and O–H groups in total. The fourth-order valence-electron chi connectivity index (χ4n) is 3.26. The Morgan fingerprint density at radius 2 is 2.09 bits per heavy atom. The van der Waals surface area contributed by atoms with Crippen molar-refractivity contribution < 1.29 is 0 Å². The minimum absolute atomic E-state index is 0.722. The third kappa shape index (κ3) is 2.46. The molecule has 0 amide bonds. The molecule has 0 saturated heterocycles. The second-order valence-electron chi connectivity index (χ2n) is 5.97. The van der Waals surface area contributed by atoms with Crippen molar-refractivity contribution in [2.75, 3.05) is 0 Å². The van der Waals surface area contributed by atoms with Gasteiger partial charge in [-0.05, 0) is 54.5 Å². The number of hydrogen-bond acceptors (Lipinski definition) is 3. The fraction of sp³-hybridized carbons (Fsp3) is 0.200. The lowest BCUT2D eigenvalue weighted by Crippen LogP contribution is -1.85. The van der Waals surface area contributed by atoms with Crippen molar-refractivity contribution in [3.8, 4) is 27.1 Å². The molecule has 112 valence electrons. The van der Waals surface area contributed by atoms with Gasteiger partial charge in [-0.15, -0.1) is 11.3 Å². The first-order valence-electron chi connectivity index (χ1n) is 7.84. The fourth-order valence-corrected chi connectivity index (χ4v) is 4.22. The molecule has 0 radical (unpaired) electrons. The Bertz CT molecular complexity index is 931. The van der Waals surface area contributed by atoms with E-state index < -0.39 is 0 Å². The summed E-state index contributed by atoms with van der Waals surface area (Å²) in [7, 11) is 0. The standard InChI is InChI=1S/C20H16N2S/c1-13-8-9-15(10-16(13)11-21)20-22-12-19(23-20)18-7-3-5-14-4-2-6-17(14)18/h3,5,7-10,12H,2,4,6H2,1H3. The maximum absolute atomic E-state index is 9.21. The molecule has 0 fully saturated rings. The van der Waals surface area contributed by atoms with Crippen molar-refractivity contribution in [3.63, 3.8) is 0 Å². The summed E-state index contributed by atoms with van der Waals surface area (Å²) in [5.74, 6) is 0. The lowest BCUT2D eigenvalue weighted by atomic mass is 10.0. The van der Waals surface area contributed by atoms with Crippen molar-refractivity contribution in [2.45, 2.75) is 26.2 Å². The van der Waals surface area contributed by atoms with Crippen molar-refractivity contribution in [3.05, 3.63) is 64.8 Å². The summed E-state index contributed by atoms with van der Waals surface area (Å²) in [6, 6.07) is 14.8. The molecule has 3 heteroatoms. The minimum Gasteiger partial charge on any atom is -0.244 e. The molecule has 1 heterocycles. The predicted molar refractivity (Wildman–Crippen MR) is 94.5 cm³/mol. The Morgan fingerprint density at radius 1 is 1.17 bits per heavy atom. The molecule has 3 aromatic rings. The number of fused-ring (bicyclic) bond motifs is 1. The number of thiazole rings is 1. The van der Waals surface area contributed by atoms with Crippen molar-refractivity contribution in [2.24, 2.45) is 0 Å². The molecular weight excluding hydrogens is 300 g/mol. The Morgan fingerprint density at radius 3 is 2.96 bits per heavy atom. The number of rotatable bonds is 2. The van der Waals surface area contributed by atoms with Gasteiger partial charge in [0, 0.05) is 11.8 Å². The van der Waals surface area contributed by atoms with Gasteiger partial charge in [0.15, 0.2) is 0 Å². The number of nitriles is 1. The van der Waals surface area contributed by atoms with Crippen LogP contribution in [-0.4, -0.2) is 4.98 Å². The van der Waals surface area contributed by atoms with E-state index in [1.54, 1.807) is 11.3 Å². The molecule has 0 atom stereocenters. The molecule has 23 heavy (non-hydrogen) atoms. The average Bonchev–Trinajstić information content (AvgIpc) is 3.24. The van der Waals surface area contributed by atoms with Crippen LogP contribution in [-0.2, 0) is 12.8 Å². The Labute approximate surface area is 140 Å². The van der Waals surface area contributed by atoms with Gasteiger partial charge in [-0.25, -0.2) is 4.98 Å². The molecule has 0 unspecified atom stereocenters. The summed E-state index contributed by atoms with van der Waals surface area (Å²) in [5.41, 5.74) is 7.06. The first kappa shape index (κ1) is 14.2. The average molecular weight is 316 g/mol. The van der Waals surface area contributed by atoms with Crippen molar-refractivity contribution in [1.29, 1.82) is 5.26 Å². The Balaban J connectivity index is 1.76. The number of hydrogen-bond donors (Lipinski definition) is 0. The van der Waals surface area contributed by atoms with E-state index in [2.05, 4.69) is 29.3 Å². The smallest absolute Gasteiger partial charge is 0.123 e. The summed E-state index contributed by atoms with van der Waals surface area (Å²) >= 11 is 1.71. The second-order valence-corrected chi connectivity index (χ2v) is 7.00. The normalized spacial score (nSPS) is 12.9. The third-order valence-electron chi connectivity index (χ3n) is 4.52. The zero-order chi connectivity index (χ0) is 15.8. The molecule has 2 aromatic carbocycles. The van der Waals surface area contributed by atoms with E-state index in [1.807, 2.05) is 31.3 Å². The van der Waals surface area contributed by atoms with Crippen molar-refractivity contribution in [1.82, 2.24) is 4.98 Å². The molecule has 0 saturated carbocycles. The monoisotopic (exact) mass is 316 g/mol. The summed E-state index contributed by atoms with van der Waals surface area (Å²) < 4.78 is 0. The zero-order valence-electron chi connectivity index (χ0n) is 13.0. The predicted octanol–water partition coefficient (Wildman–Crippen LogP) is 5.15. The second kappa shape index (κ2) is 5.64. The number of aryl methyl sites for hydroxylation is 2. The van der Waals surface area contributed by atoms with Gasteiger partial charge in [0.2, 0.25) is 0 Å². The van der Waals surface area contributed by atoms with E-state index in [4.69, 9.17) is 0 Å². The van der Waals surface area contributed by atoms with Crippen LogP contribution in [0.1, 0.15) is 28.7 Å². The van der Waals surface area contributed by atoms with E-state index >= 15 is 0 Å². The number of nitrogens with zero attached hydrogens (tertiary/aromatic N) is 2. The molecular formula is C20H16N2S. The van der Waals surface area contributed by atoms with Crippen LogP contribution in [0.5, 0.6) is 0 Å². The van der Waals surface area contributed by atoms with Gasteiger partial charge in [-0.2, -0.15) is 5.26 Å². The largest absolute Gasteiger partial charge is 0.244 e. The van der Waals surface area contributed by atoms with E-state index in [1.165, 1.54) is 40.8 Å². The Hall–Kier alpha value is -2.44. The lowest BCUT2D eigenvalue weighted by Gasteiger charge is -2.05. The summed E-state index contributed by atoms with van der Waals surface area (Å²) in [6.07, 6.45) is 5.58. The molecule has 0 bridgehead atoms. The highest BCUT2D eigenvalue weighted by Gasteiger charge is 2.17. The van der Waals surface area contributed by atoms with Gasteiger partial charge in [0.05, 0.1) is 16.5 Å². The van der Waals surface area contributed by atoms with E-state index in [0.717, 1.165) is 21.7 Å². The van der Waals surface area contributed by atoms with Gasteiger partial charge in [0.25, 0.3) is 0 Å². The highest BCUT2D eigenvalue weighted by Crippen LogP contribution is 2.37. The zero-order valence-corrected chi connectivity index (χ0v) is 13.8. The summed E-state index contributed by atoms with van der Waals surface area (Å²) in [5, 5.41) is 10.2. The molecule has 4 rings (SSSR count). The SMILES string of the molecule is Cc1ccc(-c2ncc(-c3cccc4c3CCC4)s2)cc1C#N. The number of aromatic nitrogens is 1. The van der Waals surface area contributed by atoms with Gasteiger partial charge in [0.1, 0.15) is 5.01 Å². The molecule has 0 spiro atoms. The highest BCUT2D eigenvalue weighted by molar-refractivity contribution is 7.18. The van der Waals surface area contributed by atoms with E-state index in [-0.39, 0.29) is 0 Å². The van der Waals surface area contributed by atoms with Crippen LogP contribution >= 0.6 is 11.3 Å². The van der Waals surface area contributed by atoms with E-state index in [9.17, 15) is 5.26 Å². The van der Waals surface area contributed by atoms with Crippen LogP contribution in [0.4, 0.5) is 0 Å². The molecule has 0 aliphatic heterocycles. The van der Waals surface area contributed by atoms with Crippen molar-refractivity contribution >= 4 is 11.3 Å². The van der Waals surface area contributed by atoms with Crippen LogP contribution in [0.15, 0.2) is 42.6 Å². The molecule has 1 aliphatic carbocycles. The van der Waals surface area contributed by atoms with Crippen LogP contribution in [0, 0.1) is 18.3 Å². The van der Waals surface area contributed by atoms with Gasteiger partial charge >= 0.3 is 0 Å². The topological polar surface area (TPSA) is 36.7 Å². The van der Waals surface area contributed by atoms with E-state index in [0.29, 0.717) is 0 Å². The summed E-state index contributed by atoms with van der Waals surface area (Å²) in [6.45, 7) is 1.96. The molecule has 1 aliphatic rings. The van der Waals surface area contributed by atoms with Crippen LogP contribution in [0.2, 0.25) is 0 Å². The lowest BCUT2D eigenvalue weighted by molar-refractivity contribution is 0.912. The van der Waals surface area contributed by atoms with Gasteiger partial charge in [-0.3, -0.25) is 0 Å². The van der Waals surface area contributed by atoms with Crippen LogP contribution in [0.3, 0.4) is 0 Å².